The van der Waals surface area contributed by atoms with Gasteiger partial charge in [0.1, 0.15) is 0 Å². The summed E-state index contributed by atoms with van der Waals surface area (Å²) in [7, 11) is 2.32. The van der Waals surface area contributed by atoms with Gasteiger partial charge in [-0.25, -0.2) is 0 Å². The molecule has 0 aliphatic heterocycles. The van der Waals surface area contributed by atoms with E-state index < -0.39 is 0 Å². The second kappa shape index (κ2) is 7.67. The summed E-state index contributed by atoms with van der Waals surface area (Å²) < 4.78 is 0. The molecule has 15 heavy (non-hydrogen) atoms. The minimum atomic E-state index is 0.832. The zero-order valence-electron chi connectivity index (χ0n) is 10.3. The van der Waals surface area contributed by atoms with Crippen molar-refractivity contribution in [3.05, 3.63) is 0 Å². The van der Waals surface area contributed by atoms with E-state index in [-0.39, 0.29) is 0 Å². The van der Waals surface area contributed by atoms with Gasteiger partial charge in [0.05, 0.1) is 0 Å². The van der Waals surface area contributed by atoms with Crippen LogP contribution < -0.4 is 0 Å². The third-order valence-electron chi connectivity index (χ3n) is 3.79. The van der Waals surface area contributed by atoms with Crippen molar-refractivity contribution in [1.82, 2.24) is 4.90 Å². The molecule has 0 aromatic heterocycles. The quantitative estimate of drug-likeness (QED) is 0.540. The summed E-state index contributed by atoms with van der Waals surface area (Å²) in [5, 5.41) is 1.15. The monoisotopic (exact) mass is 275 g/mol. The van der Waals surface area contributed by atoms with Crippen molar-refractivity contribution in [3.8, 4) is 0 Å². The van der Waals surface area contributed by atoms with Crippen LogP contribution in [0.25, 0.3) is 0 Å². The molecule has 0 bridgehead atoms. The Bertz CT molecular complexity index is 149. The van der Waals surface area contributed by atoms with Gasteiger partial charge >= 0.3 is 0 Å². The summed E-state index contributed by atoms with van der Waals surface area (Å²) in [4.78, 5) is 2.61. The Morgan fingerprint density at radius 3 is 2.27 bits per heavy atom. The second-order valence-electron chi connectivity index (χ2n) is 5.01. The Morgan fingerprint density at radius 2 is 1.80 bits per heavy atom. The highest BCUT2D eigenvalue weighted by Crippen LogP contribution is 2.22. The molecule has 1 atom stereocenters. The van der Waals surface area contributed by atoms with Crippen LogP contribution in [0.4, 0.5) is 0 Å². The normalized spacial score (nSPS) is 21.6. The summed E-state index contributed by atoms with van der Waals surface area (Å²) in [6.45, 7) is 3.57. The molecule has 1 unspecified atom stereocenters. The van der Waals surface area contributed by atoms with Crippen molar-refractivity contribution in [2.75, 3.05) is 18.9 Å². The van der Waals surface area contributed by atoms with Gasteiger partial charge in [0, 0.05) is 17.9 Å². The summed E-state index contributed by atoms with van der Waals surface area (Å²) in [6.07, 6.45) is 9.95. The fourth-order valence-corrected chi connectivity index (χ4v) is 3.20. The van der Waals surface area contributed by atoms with E-state index >= 15 is 0 Å². The standard InChI is InChI=1S/C13H26BrN/c1-3-12(10-14)11-15(2)13-8-6-4-5-7-9-13/h12-13H,3-11H2,1-2H3. The first-order chi connectivity index (χ1) is 7.27. The van der Waals surface area contributed by atoms with Crippen molar-refractivity contribution in [1.29, 1.82) is 0 Å². The van der Waals surface area contributed by atoms with Crippen LogP contribution in [-0.2, 0) is 0 Å². The molecule has 1 aliphatic rings. The molecule has 0 heterocycles. The van der Waals surface area contributed by atoms with Crippen LogP contribution in [0.3, 0.4) is 0 Å². The highest BCUT2D eigenvalue weighted by molar-refractivity contribution is 9.09. The van der Waals surface area contributed by atoms with Gasteiger partial charge in [-0.15, -0.1) is 0 Å². The van der Waals surface area contributed by atoms with Gasteiger partial charge in [-0.05, 0) is 25.8 Å². The van der Waals surface area contributed by atoms with E-state index in [2.05, 4.69) is 34.8 Å². The summed E-state index contributed by atoms with van der Waals surface area (Å²) in [5.41, 5.74) is 0. The van der Waals surface area contributed by atoms with Crippen molar-refractivity contribution in [2.24, 2.45) is 5.92 Å². The van der Waals surface area contributed by atoms with Gasteiger partial charge in [-0.2, -0.15) is 0 Å². The maximum absolute atomic E-state index is 3.62. The second-order valence-corrected chi connectivity index (χ2v) is 5.66. The van der Waals surface area contributed by atoms with E-state index in [9.17, 15) is 0 Å². The number of hydrogen-bond acceptors (Lipinski definition) is 1. The molecule has 90 valence electrons. The Morgan fingerprint density at radius 1 is 1.20 bits per heavy atom. The SMILES string of the molecule is CCC(CBr)CN(C)C1CCCCCC1. The Balaban J connectivity index is 2.33. The van der Waals surface area contributed by atoms with Crippen molar-refractivity contribution in [2.45, 2.75) is 57.9 Å². The fourth-order valence-electron chi connectivity index (χ4n) is 2.54. The van der Waals surface area contributed by atoms with Gasteiger partial charge in [0.25, 0.3) is 0 Å². The summed E-state index contributed by atoms with van der Waals surface area (Å²) >= 11 is 3.62. The van der Waals surface area contributed by atoms with Crippen molar-refractivity contribution < 1.29 is 0 Å². The number of alkyl halides is 1. The third kappa shape index (κ3) is 4.86. The molecular weight excluding hydrogens is 250 g/mol. The first-order valence-corrected chi connectivity index (χ1v) is 7.66. The Hall–Kier alpha value is 0.440. The van der Waals surface area contributed by atoms with Crippen LogP contribution >= 0.6 is 15.9 Å². The van der Waals surface area contributed by atoms with Crippen LogP contribution in [0.5, 0.6) is 0 Å². The summed E-state index contributed by atoms with van der Waals surface area (Å²) in [5.74, 6) is 0.832. The first kappa shape index (κ1) is 13.5. The molecule has 0 amide bonds. The maximum Gasteiger partial charge on any atom is 0.00923 e. The van der Waals surface area contributed by atoms with Gasteiger partial charge in [-0.3, -0.25) is 0 Å². The largest absolute Gasteiger partial charge is 0.303 e. The van der Waals surface area contributed by atoms with Gasteiger partial charge < -0.3 is 4.90 Å². The lowest BCUT2D eigenvalue weighted by molar-refractivity contribution is 0.194. The maximum atomic E-state index is 3.62. The molecule has 0 aromatic carbocycles. The molecule has 2 heteroatoms. The predicted molar refractivity (Wildman–Crippen MR) is 71.7 cm³/mol. The van der Waals surface area contributed by atoms with E-state index in [4.69, 9.17) is 0 Å². The van der Waals surface area contributed by atoms with E-state index in [0.717, 1.165) is 17.3 Å². The van der Waals surface area contributed by atoms with Gasteiger partial charge in [-0.1, -0.05) is 55.0 Å². The minimum absolute atomic E-state index is 0.832. The number of halogens is 1. The van der Waals surface area contributed by atoms with E-state index in [1.165, 1.54) is 51.5 Å². The lowest BCUT2D eigenvalue weighted by atomic mass is 10.0. The molecule has 0 N–H and O–H groups in total. The third-order valence-corrected chi connectivity index (χ3v) is 4.71. The highest BCUT2D eigenvalue weighted by Gasteiger charge is 2.18. The molecule has 1 aliphatic carbocycles. The molecule has 0 saturated heterocycles. The zero-order chi connectivity index (χ0) is 11.1. The molecule has 0 spiro atoms. The topological polar surface area (TPSA) is 3.24 Å². The first-order valence-electron chi connectivity index (χ1n) is 6.54. The van der Waals surface area contributed by atoms with Gasteiger partial charge in [0.15, 0.2) is 0 Å². The fraction of sp³-hybridized carbons (Fsp3) is 1.00. The number of hydrogen-bond donors (Lipinski definition) is 0. The van der Waals surface area contributed by atoms with Crippen LogP contribution in [-0.4, -0.2) is 29.9 Å². The molecule has 0 radical (unpaired) electrons. The number of rotatable bonds is 5. The van der Waals surface area contributed by atoms with Crippen LogP contribution in [0, 0.1) is 5.92 Å². The van der Waals surface area contributed by atoms with Gasteiger partial charge in [0.2, 0.25) is 0 Å². The average molecular weight is 276 g/mol. The van der Waals surface area contributed by atoms with Crippen LogP contribution in [0.1, 0.15) is 51.9 Å². The molecule has 1 nitrogen and oxygen atoms in total. The van der Waals surface area contributed by atoms with E-state index in [1.54, 1.807) is 0 Å². The summed E-state index contributed by atoms with van der Waals surface area (Å²) in [6, 6.07) is 0.862. The molecule has 1 saturated carbocycles. The number of nitrogens with zero attached hydrogens (tertiary/aromatic N) is 1. The lowest BCUT2D eigenvalue weighted by Crippen LogP contribution is -2.35. The highest BCUT2D eigenvalue weighted by atomic mass is 79.9. The van der Waals surface area contributed by atoms with Crippen LogP contribution in [0.2, 0.25) is 0 Å². The minimum Gasteiger partial charge on any atom is -0.303 e. The Kier molecular flexibility index (Phi) is 6.91. The smallest absolute Gasteiger partial charge is 0.00923 e. The van der Waals surface area contributed by atoms with Crippen LogP contribution in [0.15, 0.2) is 0 Å². The molecular formula is C13H26BrN. The lowest BCUT2D eigenvalue weighted by Gasteiger charge is -2.29. The Labute approximate surface area is 104 Å². The molecule has 1 rings (SSSR count). The van der Waals surface area contributed by atoms with Crippen molar-refractivity contribution >= 4 is 15.9 Å². The van der Waals surface area contributed by atoms with Crippen molar-refractivity contribution in [3.63, 3.8) is 0 Å². The van der Waals surface area contributed by atoms with E-state index in [1.807, 2.05) is 0 Å². The zero-order valence-corrected chi connectivity index (χ0v) is 11.9. The predicted octanol–water partition coefficient (Wildman–Crippen LogP) is 4.06. The van der Waals surface area contributed by atoms with E-state index in [0.29, 0.717) is 0 Å². The molecule has 1 fully saturated rings. The molecule has 0 aromatic rings. The average Bonchev–Trinajstić information content (AvgIpc) is 2.54.